The minimum Gasteiger partial charge on any atom is -0.367 e. The van der Waals surface area contributed by atoms with E-state index in [9.17, 15) is 10.1 Å². The van der Waals surface area contributed by atoms with Gasteiger partial charge in [-0.15, -0.1) is 0 Å². The van der Waals surface area contributed by atoms with Crippen LogP contribution in [0.1, 0.15) is 19.0 Å². The van der Waals surface area contributed by atoms with Gasteiger partial charge >= 0.3 is 5.69 Å². The third-order valence-electron chi connectivity index (χ3n) is 2.01. The van der Waals surface area contributed by atoms with Gasteiger partial charge in [-0.3, -0.25) is 10.1 Å². The van der Waals surface area contributed by atoms with Crippen LogP contribution in [0.3, 0.4) is 0 Å². The number of nitrogens with zero attached hydrogens (tertiary/aromatic N) is 3. The number of anilines is 2. The Morgan fingerprint density at radius 2 is 2.12 bits per heavy atom. The smallest absolute Gasteiger partial charge is 0.332 e. The summed E-state index contributed by atoms with van der Waals surface area (Å²) in [6, 6.07) is 0. The second-order valence-corrected chi connectivity index (χ2v) is 3.26. The predicted molar refractivity (Wildman–Crippen MR) is 61.8 cm³/mol. The Morgan fingerprint density at radius 1 is 1.44 bits per heavy atom. The predicted octanol–water partition coefficient (Wildman–Crippen LogP) is 1.56. The van der Waals surface area contributed by atoms with Gasteiger partial charge in [-0.2, -0.15) is 4.98 Å². The van der Waals surface area contributed by atoms with E-state index in [0.717, 1.165) is 13.0 Å². The molecule has 0 fully saturated rings. The Kier molecular flexibility index (Phi) is 3.98. The number of aromatic nitrogens is 2. The zero-order valence-corrected chi connectivity index (χ0v) is 9.57. The van der Waals surface area contributed by atoms with Crippen LogP contribution in [0.4, 0.5) is 17.5 Å². The molecule has 0 aliphatic carbocycles. The van der Waals surface area contributed by atoms with Crippen LogP contribution in [0.15, 0.2) is 0 Å². The highest BCUT2D eigenvalue weighted by Gasteiger charge is 2.20. The molecule has 1 rings (SSSR count). The summed E-state index contributed by atoms with van der Waals surface area (Å²) in [7, 11) is 1.60. The fourth-order valence-corrected chi connectivity index (χ4v) is 1.28. The molecule has 88 valence electrons. The van der Waals surface area contributed by atoms with Crippen LogP contribution in [-0.2, 0) is 0 Å². The monoisotopic (exact) mass is 225 g/mol. The van der Waals surface area contributed by atoms with Gasteiger partial charge < -0.3 is 10.6 Å². The molecule has 0 amide bonds. The van der Waals surface area contributed by atoms with Crippen molar-refractivity contribution in [3.05, 3.63) is 15.8 Å². The third kappa shape index (κ3) is 2.56. The molecule has 7 nitrogen and oxygen atoms in total. The van der Waals surface area contributed by atoms with E-state index in [-0.39, 0.29) is 11.5 Å². The molecule has 1 heterocycles. The lowest BCUT2D eigenvalue weighted by molar-refractivity contribution is -0.385. The minimum absolute atomic E-state index is 0.0791. The van der Waals surface area contributed by atoms with Crippen molar-refractivity contribution in [2.75, 3.05) is 24.2 Å². The number of hydrogen-bond acceptors (Lipinski definition) is 6. The summed E-state index contributed by atoms with van der Waals surface area (Å²) < 4.78 is 0. The zero-order valence-electron chi connectivity index (χ0n) is 9.57. The van der Waals surface area contributed by atoms with Gasteiger partial charge in [-0.25, -0.2) is 4.98 Å². The first kappa shape index (κ1) is 12.2. The molecule has 1 aromatic rings. The molecule has 7 heteroatoms. The van der Waals surface area contributed by atoms with E-state index in [0.29, 0.717) is 11.6 Å². The topological polar surface area (TPSA) is 93.0 Å². The molecule has 0 saturated heterocycles. The van der Waals surface area contributed by atoms with Crippen LogP contribution >= 0.6 is 0 Å². The van der Waals surface area contributed by atoms with E-state index in [4.69, 9.17) is 0 Å². The minimum atomic E-state index is -0.481. The molecule has 0 aromatic carbocycles. The number of hydrogen-bond donors (Lipinski definition) is 2. The average molecular weight is 225 g/mol. The first-order chi connectivity index (χ1) is 7.60. The molecular weight excluding hydrogens is 210 g/mol. The molecule has 0 aliphatic rings. The van der Waals surface area contributed by atoms with Crippen LogP contribution in [0.25, 0.3) is 0 Å². The van der Waals surface area contributed by atoms with Crippen molar-refractivity contribution in [3.63, 3.8) is 0 Å². The van der Waals surface area contributed by atoms with Crippen LogP contribution < -0.4 is 10.6 Å². The lowest BCUT2D eigenvalue weighted by Gasteiger charge is -2.07. The van der Waals surface area contributed by atoms with Crippen molar-refractivity contribution in [3.8, 4) is 0 Å². The van der Waals surface area contributed by atoms with Gasteiger partial charge in [0.25, 0.3) is 0 Å². The standard InChI is InChI=1S/C9H15N5O2/c1-4-5-11-9-12-6(2)7(14(15)16)8(10-3)13-9/h4-5H2,1-3H3,(H2,10,11,12,13). The Hall–Kier alpha value is -1.92. The molecule has 0 saturated carbocycles. The van der Waals surface area contributed by atoms with E-state index in [1.807, 2.05) is 6.92 Å². The molecule has 0 bridgehead atoms. The van der Waals surface area contributed by atoms with Crippen molar-refractivity contribution in [2.24, 2.45) is 0 Å². The second-order valence-electron chi connectivity index (χ2n) is 3.26. The highest BCUT2D eigenvalue weighted by molar-refractivity contribution is 5.60. The maximum Gasteiger partial charge on any atom is 0.332 e. The number of nitro groups is 1. The van der Waals surface area contributed by atoms with Gasteiger partial charge in [0, 0.05) is 13.6 Å². The van der Waals surface area contributed by atoms with E-state index >= 15 is 0 Å². The number of nitrogens with one attached hydrogen (secondary N) is 2. The van der Waals surface area contributed by atoms with E-state index in [1.165, 1.54) is 0 Å². The first-order valence-electron chi connectivity index (χ1n) is 5.04. The Morgan fingerprint density at radius 3 is 2.62 bits per heavy atom. The highest BCUT2D eigenvalue weighted by Crippen LogP contribution is 2.25. The van der Waals surface area contributed by atoms with Crippen LogP contribution in [0.5, 0.6) is 0 Å². The van der Waals surface area contributed by atoms with Crippen molar-refractivity contribution in [1.82, 2.24) is 9.97 Å². The summed E-state index contributed by atoms with van der Waals surface area (Å²) in [6.07, 6.45) is 0.939. The van der Waals surface area contributed by atoms with Gasteiger partial charge in [0.05, 0.1) is 4.92 Å². The van der Waals surface area contributed by atoms with Gasteiger partial charge in [0.2, 0.25) is 11.8 Å². The summed E-state index contributed by atoms with van der Waals surface area (Å²) in [5.41, 5.74) is 0.271. The fourth-order valence-electron chi connectivity index (χ4n) is 1.28. The van der Waals surface area contributed by atoms with Gasteiger partial charge in [0.1, 0.15) is 5.69 Å². The molecule has 0 radical (unpaired) electrons. The average Bonchev–Trinajstić information content (AvgIpc) is 2.24. The SMILES string of the molecule is CCCNc1nc(C)c([N+](=O)[O-])c(NC)n1. The van der Waals surface area contributed by atoms with Crippen LogP contribution in [-0.4, -0.2) is 28.5 Å². The molecule has 2 N–H and O–H groups in total. The quantitative estimate of drug-likeness (QED) is 0.583. The number of aryl methyl sites for hydroxylation is 1. The first-order valence-corrected chi connectivity index (χ1v) is 5.04. The molecule has 16 heavy (non-hydrogen) atoms. The van der Waals surface area contributed by atoms with Crippen molar-refractivity contribution in [1.29, 1.82) is 0 Å². The van der Waals surface area contributed by atoms with Crippen molar-refractivity contribution < 1.29 is 4.92 Å². The van der Waals surface area contributed by atoms with E-state index < -0.39 is 4.92 Å². The molecule has 0 aliphatic heterocycles. The molecular formula is C9H15N5O2. The molecule has 0 unspecified atom stereocenters. The summed E-state index contributed by atoms with van der Waals surface area (Å²) >= 11 is 0. The van der Waals surface area contributed by atoms with Gasteiger partial charge in [-0.05, 0) is 13.3 Å². The lowest BCUT2D eigenvalue weighted by atomic mass is 10.3. The van der Waals surface area contributed by atoms with E-state index in [1.54, 1.807) is 14.0 Å². The maximum absolute atomic E-state index is 10.8. The largest absolute Gasteiger partial charge is 0.367 e. The fraction of sp³-hybridized carbons (Fsp3) is 0.556. The van der Waals surface area contributed by atoms with Gasteiger partial charge in [0.15, 0.2) is 0 Å². The summed E-state index contributed by atoms with van der Waals surface area (Å²) in [5.74, 6) is 0.644. The molecule has 0 spiro atoms. The van der Waals surface area contributed by atoms with Crippen molar-refractivity contribution in [2.45, 2.75) is 20.3 Å². The van der Waals surface area contributed by atoms with E-state index in [2.05, 4.69) is 20.6 Å². The van der Waals surface area contributed by atoms with Crippen molar-refractivity contribution >= 4 is 17.5 Å². The summed E-state index contributed by atoms with van der Waals surface area (Å²) in [5, 5.41) is 16.5. The molecule has 1 aromatic heterocycles. The third-order valence-corrected chi connectivity index (χ3v) is 2.01. The number of rotatable bonds is 5. The summed E-state index contributed by atoms with van der Waals surface area (Å²) in [6.45, 7) is 4.35. The molecule has 0 atom stereocenters. The lowest BCUT2D eigenvalue weighted by Crippen LogP contribution is -2.09. The zero-order chi connectivity index (χ0) is 12.1. The Labute approximate surface area is 93.4 Å². The van der Waals surface area contributed by atoms with Crippen LogP contribution in [0, 0.1) is 17.0 Å². The highest BCUT2D eigenvalue weighted by atomic mass is 16.6. The maximum atomic E-state index is 10.8. The van der Waals surface area contributed by atoms with Gasteiger partial charge in [-0.1, -0.05) is 6.92 Å². The van der Waals surface area contributed by atoms with Crippen LogP contribution in [0.2, 0.25) is 0 Å². The normalized spacial score (nSPS) is 9.94. The Bertz CT molecular complexity index is 394. The Balaban J connectivity index is 3.11. The summed E-state index contributed by atoms with van der Waals surface area (Å²) in [4.78, 5) is 18.4. The second kappa shape index (κ2) is 5.24.